The second kappa shape index (κ2) is 8.41. The van der Waals surface area contributed by atoms with Crippen molar-refractivity contribution in [3.63, 3.8) is 0 Å². The summed E-state index contributed by atoms with van der Waals surface area (Å²) in [6.07, 6.45) is 1.71. The molecule has 0 aliphatic carbocycles. The Balaban J connectivity index is 2.01. The van der Waals surface area contributed by atoms with Gasteiger partial charge in [0.05, 0.1) is 19.3 Å². The Morgan fingerprint density at radius 1 is 1.35 bits per heavy atom. The van der Waals surface area contributed by atoms with Gasteiger partial charge in [0.15, 0.2) is 5.17 Å². The van der Waals surface area contributed by atoms with E-state index in [1.54, 1.807) is 29.8 Å². The van der Waals surface area contributed by atoms with Crippen molar-refractivity contribution >= 4 is 51.9 Å². The van der Waals surface area contributed by atoms with Crippen LogP contribution in [-0.2, 0) is 4.79 Å². The number of amidine groups is 1. The Morgan fingerprint density at radius 2 is 2.15 bits per heavy atom. The second-order valence-corrected chi connectivity index (χ2v) is 7.86. The van der Waals surface area contributed by atoms with Crippen LogP contribution in [0.15, 0.2) is 50.7 Å². The molecule has 1 saturated heterocycles. The SMILES string of the molecule is C=CCN1C(=O)C(=C2Sc3ccc(OC)cc3N2CC)SC1=NCCCl. The first-order valence-electron chi connectivity index (χ1n) is 8.23. The molecule has 0 radical (unpaired) electrons. The van der Waals surface area contributed by atoms with E-state index in [4.69, 9.17) is 16.3 Å². The maximum Gasteiger partial charge on any atom is 0.269 e. The summed E-state index contributed by atoms with van der Waals surface area (Å²) < 4.78 is 5.35. The molecule has 2 aliphatic heterocycles. The molecule has 0 aromatic heterocycles. The lowest BCUT2D eigenvalue weighted by Gasteiger charge is -2.19. The fraction of sp³-hybridized carbons (Fsp3) is 0.333. The van der Waals surface area contributed by atoms with E-state index in [0.717, 1.165) is 27.9 Å². The van der Waals surface area contributed by atoms with Gasteiger partial charge in [-0.05, 0) is 30.8 Å². The summed E-state index contributed by atoms with van der Waals surface area (Å²) in [4.78, 5) is 23.1. The number of rotatable bonds is 6. The van der Waals surface area contributed by atoms with Crippen LogP contribution in [0.3, 0.4) is 0 Å². The average Bonchev–Trinajstić information content (AvgIpc) is 3.17. The summed E-state index contributed by atoms with van der Waals surface area (Å²) in [5, 5.41) is 1.62. The fourth-order valence-electron chi connectivity index (χ4n) is 2.75. The summed E-state index contributed by atoms with van der Waals surface area (Å²) >= 11 is 8.78. The largest absolute Gasteiger partial charge is 0.497 e. The average molecular weight is 410 g/mol. The summed E-state index contributed by atoms with van der Waals surface area (Å²) in [5.41, 5.74) is 1.06. The van der Waals surface area contributed by atoms with E-state index in [1.807, 2.05) is 18.2 Å². The zero-order valence-electron chi connectivity index (χ0n) is 14.7. The number of nitrogens with zero attached hydrogens (tertiary/aromatic N) is 3. The quantitative estimate of drug-likeness (QED) is 0.401. The minimum absolute atomic E-state index is 0.0380. The monoisotopic (exact) mass is 409 g/mol. The molecule has 1 aromatic rings. The van der Waals surface area contributed by atoms with Crippen LogP contribution < -0.4 is 9.64 Å². The smallest absolute Gasteiger partial charge is 0.269 e. The number of hydrogen-bond acceptors (Lipinski definition) is 6. The van der Waals surface area contributed by atoms with Gasteiger partial charge in [-0.15, -0.1) is 18.2 Å². The van der Waals surface area contributed by atoms with E-state index in [1.165, 1.54) is 11.8 Å². The number of carbonyl (C=O) groups excluding carboxylic acids is 1. The minimum Gasteiger partial charge on any atom is -0.497 e. The molecule has 0 bridgehead atoms. The minimum atomic E-state index is -0.0380. The van der Waals surface area contributed by atoms with Gasteiger partial charge in [0, 0.05) is 29.9 Å². The van der Waals surface area contributed by atoms with Crippen LogP contribution in [0.5, 0.6) is 5.75 Å². The molecular weight excluding hydrogens is 390 g/mol. The van der Waals surface area contributed by atoms with Gasteiger partial charge >= 0.3 is 0 Å². The van der Waals surface area contributed by atoms with Gasteiger partial charge in [-0.25, -0.2) is 0 Å². The van der Waals surface area contributed by atoms with E-state index in [-0.39, 0.29) is 5.91 Å². The van der Waals surface area contributed by atoms with Gasteiger partial charge in [-0.2, -0.15) is 0 Å². The summed E-state index contributed by atoms with van der Waals surface area (Å²) in [6.45, 7) is 7.49. The standard InChI is InChI=1S/C18H20ClN3O2S2/c1-4-10-22-16(23)15(26-18(22)20-9-8-19)17-21(5-2)13-11-12(24-3)6-7-14(13)25-17/h4,6-7,11H,1,5,8-10H2,2-3H3. The molecule has 26 heavy (non-hydrogen) atoms. The molecule has 1 aromatic carbocycles. The molecule has 3 rings (SSSR count). The highest BCUT2D eigenvalue weighted by Gasteiger charge is 2.39. The lowest BCUT2D eigenvalue weighted by molar-refractivity contribution is -0.121. The molecular formula is C18H20ClN3O2S2. The van der Waals surface area contributed by atoms with E-state index < -0.39 is 0 Å². The molecule has 0 spiro atoms. The van der Waals surface area contributed by atoms with Crippen molar-refractivity contribution in [1.29, 1.82) is 0 Å². The Kier molecular flexibility index (Phi) is 6.21. The number of anilines is 1. The predicted octanol–water partition coefficient (Wildman–Crippen LogP) is 4.15. The van der Waals surface area contributed by atoms with Gasteiger partial charge in [-0.1, -0.05) is 17.8 Å². The van der Waals surface area contributed by atoms with Gasteiger partial charge in [0.1, 0.15) is 15.7 Å². The van der Waals surface area contributed by atoms with Crippen molar-refractivity contribution in [3.8, 4) is 5.75 Å². The third kappa shape index (κ3) is 3.48. The van der Waals surface area contributed by atoms with E-state index >= 15 is 0 Å². The number of benzene rings is 1. The fourth-order valence-corrected chi connectivity index (χ4v) is 5.22. The van der Waals surface area contributed by atoms with Crippen LogP contribution in [0.4, 0.5) is 5.69 Å². The summed E-state index contributed by atoms with van der Waals surface area (Å²) in [5.74, 6) is 1.19. The number of hydrogen-bond donors (Lipinski definition) is 0. The zero-order valence-corrected chi connectivity index (χ0v) is 17.1. The predicted molar refractivity (Wildman–Crippen MR) is 111 cm³/mol. The molecule has 2 heterocycles. The van der Waals surface area contributed by atoms with E-state index in [0.29, 0.717) is 29.0 Å². The Morgan fingerprint density at radius 3 is 2.81 bits per heavy atom. The number of amides is 1. The molecule has 0 saturated carbocycles. The highest BCUT2D eigenvalue weighted by Crippen LogP contribution is 2.51. The highest BCUT2D eigenvalue weighted by atomic mass is 35.5. The maximum absolute atomic E-state index is 13.0. The number of aliphatic imine (C=N–C) groups is 1. The zero-order chi connectivity index (χ0) is 18.7. The van der Waals surface area contributed by atoms with Crippen molar-refractivity contribution < 1.29 is 9.53 Å². The third-order valence-corrected chi connectivity index (χ3v) is 6.51. The van der Waals surface area contributed by atoms with Crippen molar-refractivity contribution in [3.05, 3.63) is 40.8 Å². The van der Waals surface area contributed by atoms with Gasteiger partial charge in [-0.3, -0.25) is 14.7 Å². The number of fused-ring (bicyclic) bond motifs is 1. The molecule has 5 nitrogen and oxygen atoms in total. The van der Waals surface area contributed by atoms with Crippen LogP contribution >= 0.6 is 35.1 Å². The molecule has 2 aliphatic rings. The number of alkyl halides is 1. The van der Waals surface area contributed by atoms with Crippen LogP contribution in [-0.4, -0.2) is 48.6 Å². The van der Waals surface area contributed by atoms with Gasteiger partial charge < -0.3 is 9.64 Å². The normalized spacial score (nSPS) is 20.9. The second-order valence-electron chi connectivity index (χ2n) is 5.47. The van der Waals surface area contributed by atoms with Gasteiger partial charge in [0.25, 0.3) is 5.91 Å². The van der Waals surface area contributed by atoms with Crippen molar-refractivity contribution in [2.24, 2.45) is 4.99 Å². The highest BCUT2D eigenvalue weighted by molar-refractivity contribution is 8.19. The number of ether oxygens (including phenoxy) is 1. The molecule has 1 amide bonds. The van der Waals surface area contributed by atoms with Crippen molar-refractivity contribution in [2.45, 2.75) is 11.8 Å². The first kappa shape index (κ1) is 19.2. The Bertz CT molecular complexity index is 795. The van der Waals surface area contributed by atoms with Crippen LogP contribution in [0.1, 0.15) is 6.92 Å². The molecule has 138 valence electrons. The number of halogens is 1. The number of methoxy groups -OCH3 is 1. The molecule has 0 N–H and O–H groups in total. The first-order chi connectivity index (χ1) is 12.6. The summed E-state index contributed by atoms with van der Waals surface area (Å²) in [7, 11) is 1.66. The maximum atomic E-state index is 13.0. The Hall–Kier alpha value is -1.57. The Labute approximate surface area is 167 Å². The van der Waals surface area contributed by atoms with E-state index in [2.05, 4.69) is 23.4 Å². The molecule has 1 fully saturated rings. The number of carbonyl (C=O) groups is 1. The van der Waals surface area contributed by atoms with Crippen molar-refractivity contribution in [2.75, 3.05) is 37.5 Å². The molecule has 8 heteroatoms. The number of thioether (sulfide) groups is 2. The van der Waals surface area contributed by atoms with Crippen LogP contribution in [0, 0.1) is 0 Å². The first-order valence-corrected chi connectivity index (χ1v) is 10.4. The molecule has 0 atom stereocenters. The molecule has 0 unspecified atom stereocenters. The summed E-state index contributed by atoms with van der Waals surface area (Å²) in [6, 6.07) is 5.98. The topological polar surface area (TPSA) is 45.1 Å². The van der Waals surface area contributed by atoms with Gasteiger partial charge in [0.2, 0.25) is 0 Å². The van der Waals surface area contributed by atoms with Crippen LogP contribution in [0.2, 0.25) is 0 Å². The lowest BCUT2D eigenvalue weighted by atomic mass is 10.2. The van der Waals surface area contributed by atoms with Crippen molar-refractivity contribution in [1.82, 2.24) is 4.90 Å². The third-order valence-electron chi connectivity index (χ3n) is 3.93. The van der Waals surface area contributed by atoms with Crippen LogP contribution in [0.25, 0.3) is 0 Å². The lowest BCUT2D eigenvalue weighted by Crippen LogP contribution is -2.30. The van der Waals surface area contributed by atoms with E-state index in [9.17, 15) is 4.79 Å².